The van der Waals surface area contributed by atoms with Crippen LogP contribution in [0, 0.1) is 11.8 Å². The minimum atomic E-state index is -0.106. The lowest BCUT2D eigenvalue weighted by Gasteiger charge is -2.29. The fourth-order valence-corrected chi connectivity index (χ4v) is 3.00. The van der Waals surface area contributed by atoms with Gasteiger partial charge in [-0.1, -0.05) is 31.9 Å². The number of halogens is 2. The average Bonchev–Trinajstić information content (AvgIpc) is 2.55. The summed E-state index contributed by atoms with van der Waals surface area (Å²) in [5.41, 5.74) is 0. The van der Waals surface area contributed by atoms with Crippen LogP contribution in [0.15, 0.2) is 0 Å². The van der Waals surface area contributed by atoms with E-state index in [1.165, 1.54) is 25.7 Å². The van der Waals surface area contributed by atoms with Crippen LogP contribution in [0.2, 0.25) is 0 Å². The van der Waals surface area contributed by atoms with Crippen molar-refractivity contribution in [2.45, 2.75) is 52.1 Å². The largest absolute Gasteiger partial charge is 0.353 e. The molecule has 132 valence electrons. The van der Waals surface area contributed by atoms with Crippen molar-refractivity contribution in [3.05, 3.63) is 0 Å². The summed E-state index contributed by atoms with van der Waals surface area (Å²) in [6, 6.07) is 0. The van der Waals surface area contributed by atoms with E-state index in [2.05, 4.69) is 31.9 Å². The van der Waals surface area contributed by atoms with Gasteiger partial charge in [0.05, 0.1) is 26.4 Å². The van der Waals surface area contributed by atoms with Gasteiger partial charge in [-0.2, -0.15) is 0 Å². The summed E-state index contributed by atoms with van der Waals surface area (Å²) in [5, 5.41) is 1.70. The molecular weight excluding hydrogens is 416 g/mol. The van der Waals surface area contributed by atoms with Crippen LogP contribution in [-0.4, -0.2) is 49.7 Å². The molecule has 0 bridgehead atoms. The number of hydrogen-bond donors (Lipinski definition) is 0. The monoisotopic (exact) mass is 444 g/mol. The predicted molar refractivity (Wildman–Crippen MR) is 95.8 cm³/mol. The molecule has 4 nitrogen and oxygen atoms in total. The van der Waals surface area contributed by atoms with Crippen molar-refractivity contribution in [3.8, 4) is 0 Å². The third-order valence-electron chi connectivity index (χ3n) is 3.96. The molecule has 2 atom stereocenters. The summed E-state index contributed by atoms with van der Waals surface area (Å²) in [7, 11) is 0. The molecule has 1 saturated carbocycles. The van der Waals surface area contributed by atoms with Gasteiger partial charge in [0.2, 0.25) is 0 Å². The van der Waals surface area contributed by atoms with Gasteiger partial charge in [-0.15, -0.1) is 0 Å². The molecule has 0 amide bonds. The highest BCUT2D eigenvalue weighted by molar-refractivity contribution is 9.09. The number of hydrogen-bond acceptors (Lipinski definition) is 4. The third kappa shape index (κ3) is 9.83. The zero-order chi connectivity index (χ0) is 16.2. The molecule has 1 fully saturated rings. The molecule has 0 aromatic carbocycles. The SMILES string of the molecule is CC(OCCBr)OCC1CCC(COC(C)OCCBr)CC1. The Labute approximate surface area is 151 Å². The van der Waals surface area contributed by atoms with Crippen LogP contribution in [0.3, 0.4) is 0 Å². The molecule has 2 unspecified atom stereocenters. The third-order valence-corrected chi connectivity index (χ3v) is 4.61. The first kappa shape index (κ1) is 20.8. The molecule has 0 heterocycles. The molecule has 1 aliphatic rings. The zero-order valence-electron chi connectivity index (χ0n) is 13.8. The van der Waals surface area contributed by atoms with Gasteiger partial charge in [-0.25, -0.2) is 0 Å². The van der Waals surface area contributed by atoms with Gasteiger partial charge in [0.15, 0.2) is 12.6 Å². The molecule has 0 radical (unpaired) electrons. The van der Waals surface area contributed by atoms with E-state index in [1.54, 1.807) is 0 Å². The van der Waals surface area contributed by atoms with Crippen LogP contribution >= 0.6 is 31.9 Å². The van der Waals surface area contributed by atoms with E-state index >= 15 is 0 Å². The van der Waals surface area contributed by atoms with Crippen LogP contribution in [0.25, 0.3) is 0 Å². The first-order valence-corrected chi connectivity index (χ1v) is 10.5. The topological polar surface area (TPSA) is 36.9 Å². The van der Waals surface area contributed by atoms with Crippen LogP contribution in [0.1, 0.15) is 39.5 Å². The van der Waals surface area contributed by atoms with Crippen molar-refractivity contribution < 1.29 is 18.9 Å². The van der Waals surface area contributed by atoms with E-state index < -0.39 is 0 Å². The van der Waals surface area contributed by atoms with Gasteiger partial charge < -0.3 is 18.9 Å². The molecule has 0 aliphatic heterocycles. The maximum Gasteiger partial charge on any atom is 0.154 e. The van der Waals surface area contributed by atoms with Crippen molar-refractivity contribution in [1.82, 2.24) is 0 Å². The van der Waals surface area contributed by atoms with Crippen molar-refractivity contribution in [2.75, 3.05) is 37.1 Å². The quantitative estimate of drug-likeness (QED) is 0.330. The van der Waals surface area contributed by atoms with Crippen molar-refractivity contribution in [1.29, 1.82) is 0 Å². The maximum absolute atomic E-state index is 5.76. The van der Waals surface area contributed by atoms with Crippen LogP contribution in [-0.2, 0) is 18.9 Å². The summed E-state index contributed by atoms with van der Waals surface area (Å²) in [6.45, 7) is 6.94. The highest BCUT2D eigenvalue weighted by Crippen LogP contribution is 2.29. The number of ether oxygens (including phenoxy) is 4. The molecule has 0 aromatic rings. The number of alkyl halides is 2. The second-order valence-electron chi connectivity index (χ2n) is 5.81. The Kier molecular flexibility index (Phi) is 12.4. The van der Waals surface area contributed by atoms with Crippen molar-refractivity contribution in [3.63, 3.8) is 0 Å². The van der Waals surface area contributed by atoms with Crippen molar-refractivity contribution in [2.24, 2.45) is 11.8 Å². The second-order valence-corrected chi connectivity index (χ2v) is 7.39. The zero-order valence-corrected chi connectivity index (χ0v) is 16.9. The van der Waals surface area contributed by atoms with E-state index in [0.29, 0.717) is 25.0 Å². The average molecular weight is 446 g/mol. The molecule has 0 saturated heterocycles. The summed E-state index contributed by atoms with van der Waals surface area (Å²) < 4.78 is 22.5. The van der Waals surface area contributed by atoms with Crippen LogP contribution < -0.4 is 0 Å². The van der Waals surface area contributed by atoms with Gasteiger partial charge in [-0.3, -0.25) is 0 Å². The van der Waals surface area contributed by atoms with E-state index in [0.717, 1.165) is 23.9 Å². The van der Waals surface area contributed by atoms with E-state index in [1.807, 2.05) is 13.8 Å². The minimum absolute atomic E-state index is 0.106. The summed E-state index contributed by atoms with van der Waals surface area (Å²) in [4.78, 5) is 0. The highest BCUT2D eigenvalue weighted by atomic mass is 79.9. The lowest BCUT2D eigenvalue weighted by atomic mass is 9.83. The Hall–Kier alpha value is 0.800. The Morgan fingerprint density at radius 3 is 1.41 bits per heavy atom. The predicted octanol–water partition coefficient (Wildman–Crippen LogP) is 4.34. The van der Waals surface area contributed by atoms with Gasteiger partial charge >= 0.3 is 0 Å². The normalized spacial score (nSPS) is 25.1. The molecular formula is C16H30Br2O4. The van der Waals surface area contributed by atoms with E-state index in [9.17, 15) is 0 Å². The second kappa shape index (κ2) is 13.1. The fraction of sp³-hybridized carbons (Fsp3) is 1.00. The Morgan fingerprint density at radius 1 is 0.727 bits per heavy atom. The highest BCUT2D eigenvalue weighted by Gasteiger charge is 2.22. The lowest BCUT2D eigenvalue weighted by molar-refractivity contribution is -0.144. The van der Waals surface area contributed by atoms with Crippen LogP contribution in [0.4, 0.5) is 0 Å². The van der Waals surface area contributed by atoms with Gasteiger partial charge in [-0.05, 0) is 51.4 Å². The van der Waals surface area contributed by atoms with Crippen molar-refractivity contribution >= 4 is 31.9 Å². The standard InChI is InChI=1S/C16H30Br2O4/c1-13(19-9-7-17)21-11-15-3-5-16(6-4-15)12-22-14(2)20-10-8-18/h13-16H,3-12H2,1-2H3. The molecule has 1 aliphatic carbocycles. The first-order chi connectivity index (χ1) is 10.7. The molecule has 22 heavy (non-hydrogen) atoms. The van der Waals surface area contributed by atoms with Gasteiger partial charge in [0, 0.05) is 10.7 Å². The molecule has 1 rings (SSSR count). The maximum atomic E-state index is 5.76. The fourth-order valence-electron chi connectivity index (χ4n) is 2.63. The molecule has 6 heteroatoms. The molecule has 0 N–H and O–H groups in total. The lowest BCUT2D eigenvalue weighted by Crippen LogP contribution is -2.26. The Morgan fingerprint density at radius 2 is 1.09 bits per heavy atom. The van der Waals surface area contributed by atoms with Gasteiger partial charge in [0.25, 0.3) is 0 Å². The smallest absolute Gasteiger partial charge is 0.154 e. The summed E-state index contributed by atoms with van der Waals surface area (Å²) in [6.07, 6.45) is 4.66. The Bertz CT molecular complexity index is 235. The minimum Gasteiger partial charge on any atom is -0.353 e. The van der Waals surface area contributed by atoms with E-state index in [-0.39, 0.29) is 12.6 Å². The Balaban J connectivity index is 2.05. The number of rotatable bonds is 12. The first-order valence-electron chi connectivity index (χ1n) is 8.24. The summed E-state index contributed by atoms with van der Waals surface area (Å²) >= 11 is 6.69. The van der Waals surface area contributed by atoms with Gasteiger partial charge in [0.1, 0.15) is 0 Å². The van der Waals surface area contributed by atoms with Crippen LogP contribution in [0.5, 0.6) is 0 Å². The molecule has 0 aromatic heterocycles. The van der Waals surface area contributed by atoms with E-state index in [4.69, 9.17) is 18.9 Å². The molecule has 0 spiro atoms. The summed E-state index contributed by atoms with van der Waals surface area (Å²) in [5.74, 6) is 1.32.